The Hall–Kier alpha value is -1.36. The van der Waals surface area contributed by atoms with Gasteiger partial charge < -0.3 is 15.4 Å². The first kappa shape index (κ1) is 13.1. The van der Waals surface area contributed by atoms with E-state index in [1.807, 2.05) is 13.0 Å². The number of nitrogens with two attached hydrogens (primary N) is 1. The molecule has 1 aromatic heterocycles. The third-order valence-corrected chi connectivity index (χ3v) is 3.27. The summed E-state index contributed by atoms with van der Waals surface area (Å²) in [4.78, 5) is 10.9. The number of aryl methyl sites for hydroxylation is 1. The molecule has 0 radical (unpaired) electrons. The van der Waals surface area contributed by atoms with Crippen LogP contribution in [0.2, 0.25) is 0 Å². The van der Waals surface area contributed by atoms with Crippen LogP contribution in [0, 0.1) is 5.92 Å². The fourth-order valence-corrected chi connectivity index (χ4v) is 2.29. The van der Waals surface area contributed by atoms with E-state index in [1.165, 1.54) is 6.42 Å². The van der Waals surface area contributed by atoms with Crippen LogP contribution in [0.1, 0.15) is 25.6 Å². The molecule has 2 N–H and O–H groups in total. The molecule has 18 heavy (non-hydrogen) atoms. The summed E-state index contributed by atoms with van der Waals surface area (Å²) in [6.07, 6.45) is 3.19. The topological polar surface area (TPSA) is 64.3 Å². The number of rotatable bonds is 4. The van der Waals surface area contributed by atoms with Crippen molar-refractivity contribution in [1.82, 2.24) is 9.97 Å². The average Bonchev–Trinajstić information content (AvgIpc) is 2.39. The normalized spacial score (nSPS) is 19.8. The van der Waals surface area contributed by atoms with Crippen LogP contribution >= 0.6 is 0 Å². The van der Waals surface area contributed by atoms with Crippen molar-refractivity contribution >= 4 is 11.6 Å². The maximum absolute atomic E-state index is 5.80. The van der Waals surface area contributed by atoms with Crippen LogP contribution in [0.25, 0.3) is 0 Å². The first-order valence-electron chi connectivity index (χ1n) is 6.61. The Morgan fingerprint density at radius 3 is 3.00 bits per heavy atom. The molecule has 5 nitrogen and oxygen atoms in total. The van der Waals surface area contributed by atoms with Crippen molar-refractivity contribution in [2.45, 2.75) is 26.2 Å². The van der Waals surface area contributed by atoms with E-state index < -0.39 is 0 Å². The molecular weight excluding hydrogens is 228 g/mol. The fraction of sp³-hybridized carbons (Fsp3) is 0.692. The zero-order chi connectivity index (χ0) is 13.0. The number of nitrogen functional groups attached to an aromatic ring is 1. The van der Waals surface area contributed by atoms with Crippen molar-refractivity contribution in [3.63, 3.8) is 0 Å². The van der Waals surface area contributed by atoms with Gasteiger partial charge >= 0.3 is 0 Å². The molecule has 0 saturated carbocycles. The van der Waals surface area contributed by atoms with Crippen LogP contribution < -0.4 is 10.6 Å². The number of ether oxygens (including phenoxy) is 1. The summed E-state index contributed by atoms with van der Waals surface area (Å²) in [5.41, 5.74) is 5.80. The van der Waals surface area contributed by atoms with Crippen LogP contribution in [0.4, 0.5) is 11.6 Å². The second kappa shape index (κ2) is 6.00. The molecule has 2 rings (SSSR count). The molecule has 0 bridgehead atoms. The second-order valence-electron chi connectivity index (χ2n) is 4.88. The predicted octanol–water partition coefficient (Wildman–Crippen LogP) is 1.48. The number of hydrogen-bond acceptors (Lipinski definition) is 5. The Morgan fingerprint density at radius 1 is 1.50 bits per heavy atom. The van der Waals surface area contributed by atoms with Crippen LogP contribution in [-0.2, 0) is 11.2 Å². The first-order chi connectivity index (χ1) is 8.69. The highest BCUT2D eigenvalue weighted by Gasteiger charge is 2.17. The summed E-state index contributed by atoms with van der Waals surface area (Å²) in [5, 5.41) is 0. The maximum atomic E-state index is 5.80. The van der Waals surface area contributed by atoms with E-state index in [1.54, 1.807) is 0 Å². The SMILES string of the molecule is CCc1nc(N)cc(N(C)CC2CCCOC2)n1. The summed E-state index contributed by atoms with van der Waals surface area (Å²) in [6, 6.07) is 1.84. The van der Waals surface area contributed by atoms with Gasteiger partial charge in [-0.15, -0.1) is 0 Å². The van der Waals surface area contributed by atoms with Gasteiger partial charge in [0.05, 0.1) is 6.61 Å². The Balaban J connectivity index is 2.02. The van der Waals surface area contributed by atoms with Crippen LogP contribution in [-0.4, -0.2) is 36.8 Å². The summed E-state index contributed by atoms with van der Waals surface area (Å²) < 4.78 is 5.50. The molecule has 0 spiro atoms. The second-order valence-corrected chi connectivity index (χ2v) is 4.88. The maximum Gasteiger partial charge on any atom is 0.134 e. The molecule has 1 atom stereocenters. The fourth-order valence-electron chi connectivity index (χ4n) is 2.29. The van der Waals surface area contributed by atoms with E-state index in [4.69, 9.17) is 10.5 Å². The van der Waals surface area contributed by atoms with E-state index >= 15 is 0 Å². The van der Waals surface area contributed by atoms with E-state index in [2.05, 4.69) is 21.9 Å². The summed E-state index contributed by atoms with van der Waals surface area (Å²) in [7, 11) is 2.05. The third kappa shape index (κ3) is 3.32. The smallest absolute Gasteiger partial charge is 0.134 e. The molecule has 1 aliphatic rings. The van der Waals surface area contributed by atoms with Gasteiger partial charge in [0.25, 0.3) is 0 Å². The lowest BCUT2D eigenvalue weighted by Gasteiger charge is -2.27. The van der Waals surface area contributed by atoms with Crippen LogP contribution in [0.5, 0.6) is 0 Å². The highest BCUT2D eigenvalue weighted by Crippen LogP contribution is 2.19. The van der Waals surface area contributed by atoms with Crippen LogP contribution in [0.3, 0.4) is 0 Å². The number of anilines is 2. The molecule has 0 aromatic carbocycles. The number of aromatic nitrogens is 2. The van der Waals surface area contributed by atoms with Gasteiger partial charge in [0.15, 0.2) is 0 Å². The Bertz CT molecular complexity index is 391. The van der Waals surface area contributed by atoms with Gasteiger partial charge in [-0.05, 0) is 18.8 Å². The summed E-state index contributed by atoms with van der Waals surface area (Å²) >= 11 is 0. The van der Waals surface area contributed by atoms with Crippen molar-refractivity contribution < 1.29 is 4.74 Å². The predicted molar refractivity (Wildman–Crippen MR) is 72.6 cm³/mol. The molecule has 1 aromatic rings. The van der Waals surface area contributed by atoms with Gasteiger partial charge in [0.2, 0.25) is 0 Å². The zero-order valence-corrected chi connectivity index (χ0v) is 11.2. The average molecular weight is 250 g/mol. The van der Waals surface area contributed by atoms with E-state index in [0.717, 1.165) is 44.2 Å². The molecule has 5 heteroatoms. The highest BCUT2D eigenvalue weighted by atomic mass is 16.5. The lowest BCUT2D eigenvalue weighted by molar-refractivity contribution is 0.0576. The third-order valence-electron chi connectivity index (χ3n) is 3.27. The molecule has 0 aliphatic carbocycles. The molecule has 1 saturated heterocycles. The molecule has 1 unspecified atom stereocenters. The first-order valence-corrected chi connectivity index (χ1v) is 6.61. The monoisotopic (exact) mass is 250 g/mol. The zero-order valence-electron chi connectivity index (χ0n) is 11.2. The molecule has 100 valence electrons. The van der Waals surface area contributed by atoms with E-state index in [-0.39, 0.29) is 0 Å². The summed E-state index contributed by atoms with van der Waals surface area (Å²) in [5.74, 6) is 2.84. The largest absolute Gasteiger partial charge is 0.384 e. The van der Waals surface area contributed by atoms with Gasteiger partial charge in [-0.1, -0.05) is 6.92 Å². The van der Waals surface area contributed by atoms with E-state index in [9.17, 15) is 0 Å². The highest BCUT2D eigenvalue weighted by molar-refractivity contribution is 5.46. The van der Waals surface area contributed by atoms with Crippen molar-refractivity contribution in [2.24, 2.45) is 5.92 Å². The Labute approximate surface area is 108 Å². The minimum absolute atomic E-state index is 0.545. The minimum atomic E-state index is 0.545. The van der Waals surface area contributed by atoms with Crippen molar-refractivity contribution in [3.8, 4) is 0 Å². The van der Waals surface area contributed by atoms with Gasteiger partial charge in [0.1, 0.15) is 17.5 Å². The summed E-state index contributed by atoms with van der Waals surface area (Å²) in [6.45, 7) is 4.75. The van der Waals surface area contributed by atoms with Gasteiger partial charge in [-0.25, -0.2) is 9.97 Å². The molecular formula is C13H22N4O. The van der Waals surface area contributed by atoms with E-state index in [0.29, 0.717) is 11.7 Å². The van der Waals surface area contributed by atoms with Gasteiger partial charge in [0, 0.05) is 32.7 Å². The Kier molecular flexibility index (Phi) is 4.36. The quantitative estimate of drug-likeness (QED) is 0.877. The number of hydrogen-bond donors (Lipinski definition) is 1. The molecule has 1 fully saturated rings. The van der Waals surface area contributed by atoms with Crippen molar-refractivity contribution in [3.05, 3.63) is 11.9 Å². The molecule has 1 aliphatic heterocycles. The van der Waals surface area contributed by atoms with Gasteiger partial charge in [-0.3, -0.25) is 0 Å². The lowest BCUT2D eigenvalue weighted by Crippen LogP contribution is -2.31. The lowest BCUT2D eigenvalue weighted by atomic mass is 10.0. The van der Waals surface area contributed by atoms with Gasteiger partial charge in [-0.2, -0.15) is 0 Å². The van der Waals surface area contributed by atoms with Crippen molar-refractivity contribution in [1.29, 1.82) is 0 Å². The Morgan fingerprint density at radius 2 is 2.33 bits per heavy atom. The molecule has 2 heterocycles. The van der Waals surface area contributed by atoms with Crippen LogP contribution in [0.15, 0.2) is 6.07 Å². The minimum Gasteiger partial charge on any atom is -0.384 e. The number of nitrogens with zero attached hydrogens (tertiary/aromatic N) is 3. The standard InChI is InChI=1S/C13H22N4O/c1-3-12-15-11(14)7-13(16-12)17(2)8-10-5-4-6-18-9-10/h7,10H,3-6,8-9H2,1-2H3,(H2,14,15,16). The van der Waals surface area contributed by atoms with Crippen molar-refractivity contribution in [2.75, 3.05) is 37.4 Å². The molecule has 0 amide bonds.